The van der Waals surface area contributed by atoms with Gasteiger partial charge in [0.25, 0.3) is 0 Å². The van der Waals surface area contributed by atoms with E-state index in [0.717, 1.165) is 32.1 Å². The van der Waals surface area contributed by atoms with Crippen molar-refractivity contribution < 1.29 is 14.0 Å². The van der Waals surface area contributed by atoms with Crippen molar-refractivity contribution in [3.63, 3.8) is 0 Å². The minimum absolute atomic E-state index is 0.132. The molecule has 2 aliphatic carbocycles. The van der Waals surface area contributed by atoms with E-state index in [1.807, 2.05) is 0 Å². The summed E-state index contributed by atoms with van der Waals surface area (Å²) in [7, 11) is -1.83. The van der Waals surface area contributed by atoms with Crippen molar-refractivity contribution in [3.8, 4) is 0 Å². The summed E-state index contributed by atoms with van der Waals surface area (Å²) < 4.78 is 6.63. The molecule has 4 atom stereocenters. The molecule has 0 saturated heterocycles. The van der Waals surface area contributed by atoms with Crippen molar-refractivity contribution in [2.45, 2.75) is 117 Å². The summed E-state index contributed by atoms with van der Waals surface area (Å²) in [6.07, 6.45) is 8.72. The highest BCUT2D eigenvalue weighted by Crippen LogP contribution is 2.42. The summed E-state index contributed by atoms with van der Waals surface area (Å²) in [6, 6.07) is 0. The Kier molecular flexibility index (Phi) is 8.12. The van der Waals surface area contributed by atoms with Crippen LogP contribution in [0, 0.1) is 23.7 Å². The van der Waals surface area contributed by atoms with Gasteiger partial charge in [-0.1, -0.05) is 47.5 Å². The van der Waals surface area contributed by atoms with Crippen LogP contribution in [0.5, 0.6) is 0 Å². The summed E-state index contributed by atoms with van der Waals surface area (Å²) in [5.41, 5.74) is 0. The molecular weight excluding hydrogens is 364 g/mol. The number of carbonyl (C=O) groups is 2. The second kappa shape index (κ2) is 9.55. The van der Waals surface area contributed by atoms with E-state index in [1.54, 1.807) is 0 Å². The molecule has 4 heteroatoms. The molecule has 0 aromatic heterocycles. The Hall–Kier alpha value is -0.483. The van der Waals surface area contributed by atoms with Gasteiger partial charge >= 0.3 is 0 Å². The summed E-state index contributed by atoms with van der Waals surface area (Å²) in [5.74, 6) is 3.20. The maximum atomic E-state index is 12.1. The van der Waals surface area contributed by atoms with Crippen LogP contribution >= 0.6 is 0 Å². The molecule has 0 spiro atoms. The van der Waals surface area contributed by atoms with Crippen molar-refractivity contribution in [2.75, 3.05) is 0 Å². The number of unbranched alkanes of at least 4 members (excludes halogenated alkanes) is 1. The number of carbonyl (C=O) groups excluding carboxylic acids is 2. The highest BCUT2D eigenvalue weighted by molar-refractivity contribution is 6.74. The lowest BCUT2D eigenvalue weighted by Gasteiger charge is -2.39. The largest absolute Gasteiger partial charge is 0.413 e. The molecule has 0 bridgehead atoms. The van der Waals surface area contributed by atoms with E-state index >= 15 is 0 Å². The van der Waals surface area contributed by atoms with Gasteiger partial charge in [-0.15, -0.1) is 0 Å². The number of hydrogen-bond acceptors (Lipinski definition) is 3. The van der Waals surface area contributed by atoms with Gasteiger partial charge < -0.3 is 4.43 Å². The van der Waals surface area contributed by atoms with E-state index in [2.05, 4.69) is 47.7 Å². The molecule has 0 radical (unpaired) electrons. The van der Waals surface area contributed by atoms with E-state index < -0.39 is 8.32 Å². The molecule has 2 aliphatic rings. The number of Topliss-reactive ketones (excluding diaryl/α,β-unsaturated/α-hetero) is 2. The van der Waals surface area contributed by atoms with Crippen molar-refractivity contribution in [1.29, 1.82) is 0 Å². The van der Waals surface area contributed by atoms with Gasteiger partial charge in [-0.3, -0.25) is 9.59 Å². The fourth-order valence-electron chi connectivity index (χ4n) is 5.00. The van der Waals surface area contributed by atoms with Crippen molar-refractivity contribution in [2.24, 2.45) is 23.7 Å². The first-order valence-electron chi connectivity index (χ1n) is 11.6. The van der Waals surface area contributed by atoms with Crippen LogP contribution in [0.3, 0.4) is 0 Å². The zero-order valence-electron chi connectivity index (χ0n) is 19.5. The third-order valence-corrected chi connectivity index (χ3v) is 12.3. The van der Waals surface area contributed by atoms with Gasteiger partial charge in [0.1, 0.15) is 11.6 Å². The lowest BCUT2D eigenvalue weighted by Crippen LogP contribution is -2.44. The fraction of sp³-hybridized carbons (Fsp3) is 0.917. The van der Waals surface area contributed by atoms with Gasteiger partial charge in [-0.2, -0.15) is 0 Å². The van der Waals surface area contributed by atoms with Gasteiger partial charge in [0.05, 0.1) is 6.10 Å². The molecule has 0 aliphatic heterocycles. The lowest BCUT2D eigenvalue weighted by atomic mass is 9.71. The number of ketones is 2. The molecule has 28 heavy (non-hydrogen) atoms. The minimum Gasteiger partial charge on any atom is -0.413 e. The summed E-state index contributed by atoms with van der Waals surface area (Å²) in [4.78, 5) is 24.1. The Bertz CT molecular complexity index is 547. The molecule has 3 nitrogen and oxygen atoms in total. The Morgan fingerprint density at radius 1 is 0.964 bits per heavy atom. The number of rotatable bonds is 8. The maximum absolute atomic E-state index is 12.1. The highest BCUT2D eigenvalue weighted by atomic mass is 28.4. The number of hydrogen-bond donors (Lipinski definition) is 0. The molecule has 0 amide bonds. The SMILES string of the molecule is CC(C)[C@@H]1CCC(=O)C[C@@H]1CCCC[C@@H]1CC(=O)C[C@H]1O[Si](C)(C)C(C)(C)C. The lowest BCUT2D eigenvalue weighted by molar-refractivity contribution is -0.123. The molecule has 0 heterocycles. The van der Waals surface area contributed by atoms with Crippen LogP contribution in [0.25, 0.3) is 0 Å². The monoisotopic (exact) mass is 408 g/mol. The molecule has 0 N–H and O–H groups in total. The van der Waals surface area contributed by atoms with E-state index in [9.17, 15) is 9.59 Å². The summed E-state index contributed by atoms with van der Waals surface area (Å²) >= 11 is 0. The molecule has 0 aromatic rings. The van der Waals surface area contributed by atoms with Crippen LogP contribution in [0.1, 0.15) is 92.4 Å². The zero-order valence-corrected chi connectivity index (χ0v) is 20.5. The second-order valence-corrected chi connectivity index (χ2v) is 16.1. The predicted octanol–water partition coefficient (Wildman–Crippen LogP) is 6.56. The van der Waals surface area contributed by atoms with E-state index in [4.69, 9.17) is 4.43 Å². The first-order valence-corrected chi connectivity index (χ1v) is 14.5. The molecule has 2 rings (SSSR count). The average Bonchev–Trinajstić information content (AvgIpc) is 2.89. The maximum Gasteiger partial charge on any atom is 0.192 e. The van der Waals surface area contributed by atoms with Crippen LogP contribution in [0.4, 0.5) is 0 Å². The second-order valence-electron chi connectivity index (χ2n) is 11.4. The first kappa shape index (κ1) is 23.8. The van der Waals surface area contributed by atoms with Crippen LogP contribution in [-0.2, 0) is 14.0 Å². The van der Waals surface area contributed by atoms with Gasteiger partial charge in [0, 0.05) is 25.7 Å². The summed E-state index contributed by atoms with van der Waals surface area (Å²) in [6.45, 7) is 16.0. The normalized spacial score (nSPS) is 29.7. The predicted molar refractivity (Wildman–Crippen MR) is 119 cm³/mol. The van der Waals surface area contributed by atoms with Crippen molar-refractivity contribution in [3.05, 3.63) is 0 Å². The molecular formula is C24H44O3Si. The Balaban J connectivity index is 1.83. The molecule has 2 fully saturated rings. The quantitative estimate of drug-likeness (QED) is 0.337. The molecule has 0 aromatic carbocycles. The van der Waals surface area contributed by atoms with Crippen molar-refractivity contribution >= 4 is 19.9 Å². The summed E-state index contributed by atoms with van der Waals surface area (Å²) in [5, 5.41) is 0.183. The Morgan fingerprint density at radius 3 is 2.11 bits per heavy atom. The Labute approximate surface area is 174 Å². The molecule has 162 valence electrons. The first-order chi connectivity index (χ1) is 12.9. The Morgan fingerprint density at radius 2 is 1.54 bits per heavy atom. The third-order valence-electron chi connectivity index (χ3n) is 7.80. The van der Waals surface area contributed by atoms with Crippen molar-refractivity contribution in [1.82, 2.24) is 0 Å². The van der Waals surface area contributed by atoms with Gasteiger partial charge in [0.2, 0.25) is 0 Å². The minimum atomic E-state index is -1.83. The smallest absolute Gasteiger partial charge is 0.192 e. The van der Waals surface area contributed by atoms with Crippen LogP contribution in [-0.4, -0.2) is 26.0 Å². The average molecular weight is 409 g/mol. The van der Waals surface area contributed by atoms with Crippen LogP contribution in [0.2, 0.25) is 18.1 Å². The third kappa shape index (κ3) is 6.26. The van der Waals surface area contributed by atoms with Gasteiger partial charge in [0.15, 0.2) is 8.32 Å². The van der Waals surface area contributed by atoms with Crippen LogP contribution < -0.4 is 0 Å². The highest BCUT2D eigenvalue weighted by Gasteiger charge is 2.43. The van der Waals surface area contributed by atoms with E-state index in [-0.39, 0.29) is 11.1 Å². The standard InChI is InChI=1S/C24H44O3Si/c1-17(2)22-13-12-20(25)14-18(22)10-8-9-11-19-15-21(26)16-23(19)27-28(6,7)24(3,4)5/h17-19,22-23H,8-16H2,1-7H3/t18-,19+,22-,23+/m0/s1. The van der Waals surface area contributed by atoms with Crippen LogP contribution in [0.15, 0.2) is 0 Å². The topological polar surface area (TPSA) is 43.4 Å². The van der Waals surface area contributed by atoms with E-state index in [0.29, 0.717) is 48.1 Å². The molecule has 0 unspecified atom stereocenters. The van der Waals surface area contributed by atoms with E-state index in [1.165, 1.54) is 12.8 Å². The van der Waals surface area contributed by atoms with Gasteiger partial charge in [-0.25, -0.2) is 0 Å². The zero-order chi connectivity index (χ0) is 21.1. The van der Waals surface area contributed by atoms with Gasteiger partial charge in [-0.05, 0) is 61.1 Å². The fourth-order valence-corrected chi connectivity index (χ4v) is 6.38. The molecule has 2 saturated carbocycles.